The molecule has 2 aromatic carbocycles. The second-order valence-electron chi connectivity index (χ2n) is 4.56. The normalized spacial score (nSPS) is 10.1. The first-order valence-electron chi connectivity index (χ1n) is 6.79. The Hall–Kier alpha value is -1.91. The van der Waals surface area contributed by atoms with Gasteiger partial charge in [-0.05, 0) is 42.8 Å². The molecular formula is C16H16Cl2N2O2. The van der Waals surface area contributed by atoms with Crippen molar-refractivity contribution < 1.29 is 9.53 Å². The summed E-state index contributed by atoms with van der Waals surface area (Å²) in [6, 6.07) is 12.8. The molecule has 0 heterocycles. The van der Waals surface area contributed by atoms with Crippen LogP contribution in [-0.4, -0.2) is 12.7 Å². The lowest BCUT2D eigenvalue weighted by Gasteiger charge is -2.10. The maximum atomic E-state index is 11.4. The first-order valence-corrected chi connectivity index (χ1v) is 7.55. The third-order valence-corrected chi connectivity index (χ3v) is 3.24. The van der Waals surface area contributed by atoms with Crippen LogP contribution in [0.5, 0.6) is 0 Å². The number of benzene rings is 2. The average Bonchev–Trinajstić information content (AvgIpc) is 2.45. The Morgan fingerprint density at radius 2 is 1.82 bits per heavy atom. The number of carbonyl (C=O) groups is 1. The standard InChI is InChI=1S/C16H16Cl2N2O2/c1-2-22-16(21)20-14-5-3-4-11(6-14)10-19-15-8-12(17)7-13(18)9-15/h3-9,19H,2,10H2,1H3,(H,20,21). The van der Waals surface area contributed by atoms with Crippen molar-refractivity contribution in [1.82, 2.24) is 0 Å². The number of hydrogen-bond donors (Lipinski definition) is 2. The highest BCUT2D eigenvalue weighted by Crippen LogP contribution is 2.23. The summed E-state index contributed by atoms with van der Waals surface area (Å²) in [6.07, 6.45) is -0.464. The Labute approximate surface area is 139 Å². The lowest BCUT2D eigenvalue weighted by atomic mass is 10.2. The molecule has 0 unspecified atom stereocenters. The van der Waals surface area contributed by atoms with Crippen LogP contribution in [0.4, 0.5) is 16.2 Å². The highest BCUT2D eigenvalue weighted by atomic mass is 35.5. The second-order valence-corrected chi connectivity index (χ2v) is 5.43. The summed E-state index contributed by atoms with van der Waals surface area (Å²) in [5.41, 5.74) is 2.52. The Balaban J connectivity index is 1.99. The summed E-state index contributed by atoms with van der Waals surface area (Å²) in [7, 11) is 0. The molecule has 0 atom stereocenters. The minimum Gasteiger partial charge on any atom is -0.450 e. The summed E-state index contributed by atoms with van der Waals surface area (Å²) in [5.74, 6) is 0. The fourth-order valence-corrected chi connectivity index (χ4v) is 2.43. The Bertz CT molecular complexity index is 642. The third-order valence-electron chi connectivity index (χ3n) is 2.81. The third kappa shape index (κ3) is 5.13. The molecule has 1 amide bonds. The summed E-state index contributed by atoms with van der Waals surface area (Å²) in [6.45, 7) is 2.67. The van der Waals surface area contributed by atoms with E-state index in [4.69, 9.17) is 27.9 Å². The van der Waals surface area contributed by atoms with Crippen LogP contribution in [-0.2, 0) is 11.3 Å². The van der Waals surface area contributed by atoms with E-state index in [0.29, 0.717) is 28.9 Å². The molecule has 0 radical (unpaired) electrons. The fraction of sp³-hybridized carbons (Fsp3) is 0.188. The van der Waals surface area contributed by atoms with Crippen molar-refractivity contribution in [3.05, 3.63) is 58.1 Å². The maximum Gasteiger partial charge on any atom is 0.411 e. The number of rotatable bonds is 5. The van der Waals surface area contributed by atoms with Gasteiger partial charge in [-0.2, -0.15) is 0 Å². The smallest absolute Gasteiger partial charge is 0.411 e. The molecule has 0 bridgehead atoms. The average molecular weight is 339 g/mol. The zero-order valence-corrected chi connectivity index (χ0v) is 13.5. The van der Waals surface area contributed by atoms with Crippen LogP contribution in [0.1, 0.15) is 12.5 Å². The van der Waals surface area contributed by atoms with Crippen molar-refractivity contribution in [2.75, 3.05) is 17.2 Å². The van der Waals surface area contributed by atoms with Crippen LogP contribution in [0.15, 0.2) is 42.5 Å². The highest BCUT2D eigenvalue weighted by molar-refractivity contribution is 6.35. The largest absolute Gasteiger partial charge is 0.450 e. The summed E-state index contributed by atoms with van der Waals surface area (Å²) < 4.78 is 4.85. The van der Waals surface area contributed by atoms with Crippen molar-refractivity contribution in [2.24, 2.45) is 0 Å². The van der Waals surface area contributed by atoms with E-state index in [0.717, 1.165) is 11.3 Å². The van der Waals surface area contributed by atoms with E-state index in [1.807, 2.05) is 18.2 Å². The van der Waals surface area contributed by atoms with E-state index in [1.54, 1.807) is 31.2 Å². The molecule has 0 fully saturated rings. The quantitative estimate of drug-likeness (QED) is 0.790. The van der Waals surface area contributed by atoms with E-state index in [-0.39, 0.29) is 0 Å². The lowest BCUT2D eigenvalue weighted by molar-refractivity contribution is 0.168. The molecule has 4 nitrogen and oxygen atoms in total. The van der Waals surface area contributed by atoms with Crippen molar-refractivity contribution in [1.29, 1.82) is 0 Å². The van der Waals surface area contributed by atoms with E-state index in [2.05, 4.69) is 10.6 Å². The van der Waals surface area contributed by atoms with Gasteiger partial charge in [-0.25, -0.2) is 4.79 Å². The molecule has 2 aromatic rings. The minimum absolute atomic E-state index is 0.336. The summed E-state index contributed by atoms with van der Waals surface area (Å²) in [5, 5.41) is 7.06. The van der Waals surface area contributed by atoms with E-state index in [9.17, 15) is 4.79 Å². The van der Waals surface area contributed by atoms with Crippen LogP contribution in [0.2, 0.25) is 10.0 Å². The van der Waals surface area contributed by atoms with Crippen molar-refractivity contribution in [2.45, 2.75) is 13.5 Å². The molecule has 6 heteroatoms. The molecular weight excluding hydrogens is 323 g/mol. The number of nitrogens with one attached hydrogen (secondary N) is 2. The second kappa shape index (κ2) is 7.92. The van der Waals surface area contributed by atoms with Gasteiger partial charge in [0.1, 0.15) is 0 Å². The number of carbonyl (C=O) groups excluding carboxylic acids is 1. The number of hydrogen-bond acceptors (Lipinski definition) is 3. The fourth-order valence-electron chi connectivity index (χ4n) is 1.90. The van der Waals surface area contributed by atoms with Crippen LogP contribution < -0.4 is 10.6 Å². The zero-order chi connectivity index (χ0) is 15.9. The van der Waals surface area contributed by atoms with Gasteiger partial charge >= 0.3 is 6.09 Å². The van der Waals surface area contributed by atoms with Gasteiger partial charge in [-0.1, -0.05) is 35.3 Å². The van der Waals surface area contributed by atoms with E-state index >= 15 is 0 Å². The summed E-state index contributed by atoms with van der Waals surface area (Å²) >= 11 is 11.9. The predicted molar refractivity (Wildman–Crippen MR) is 90.9 cm³/mol. The number of ether oxygens (including phenoxy) is 1. The van der Waals surface area contributed by atoms with E-state index < -0.39 is 6.09 Å². The van der Waals surface area contributed by atoms with Gasteiger partial charge in [0.05, 0.1) is 6.61 Å². The molecule has 0 aliphatic rings. The minimum atomic E-state index is -0.464. The van der Waals surface area contributed by atoms with Crippen LogP contribution in [0, 0.1) is 0 Å². The topological polar surface area (TPSA) is 50.4 Å². The van der Waals surface area contributed by atoms with Gasteiger partial charge in [0.15, 0.2) is 0 Å². The molecule has 0 aliphatic heterocycles. The van der Waals surface area contributed by atoms with Crippen molar-refractivity contribution >= 4 is 40.7 Å². The van der Waals surface area contributed by atoms with Crippen LogP contribution in [0.25, 0.3) is 0 Å². The molecule has 0 aromatic heterocycles. The van der Waals surface area contributed by atoms with Crippen molar-refractivity contribution in [3.63, 3.8) is 0 Å². The Morgan fingerprint density at radius 3 is 2.50 bits per heavy atom. The zero-order valence-electron chi connectivity index (χ0n) is 12.0. The molecule has 2 rings (SSSR count). The van der Waals surface area contributed by atoms with Gasteiger partial charge in [0, 0.05) is 28.0 Å². The predicted octanol–water partition coefficient (Wildman–Crippen LogP) is 5.17. The first-order chi connectivity index (χ1) is 10.6. The molecule has 0 saturated heterocycles. The van der Waals surface area contributed by atoms with Gasteiger partial charge in [0.2, 0.25) is 0 Å². The molecule has 0 aliphatic carbocycles. The van der Waals surface area contributed by atoms with Gasteiger partial charge < -0.3 is 10.1 Å². The summed E-state index contributed by atoms with van der Waals surface area (Å²) in [4.78, 5) is 11.4. The van der Waals surface area contributed by atoms with Gasteiger partial charge in [-0.3, -0.25) is 5.32 Å². The first kappa shape index (κ1) is 16.5. The number of anilines is 2. The highest BCUT2D eigenvalue weighted by Gasteiger charge is 2.03. The Morgan fingerprint density at radius 1 is 1.09 bits per heavy atom. The number of halogens is 2. The van der Waals surface area contributed by atoms with Crippen molar-refractivity contribution in [3.8, 4) is 0 Å². The maximum absolute atomic E-state index is 11.4. The number of amides is 1. The molecule has 0 saturated carbocycles. The van der Waals surface area contributed by atoms with Crippen LogP contribution >= 0.6 is 23.2 Å². The monoisotopic (exact) mass is 338 g/mol. The lowest BCUT2D eigenvalue weighted by Crippen LogP contribution is -2.13. The van der Waals surface area contributed by atoms with Gasteiger partial charge in [-0.15, -0.1) is 0 Å². The van der Waals surface area contributed by atoms with Crippen LogP contribution in [0.3, 0.4) is 0 Å². The molecule has 0 spiro atoms. The SMILES string of the molecule is CCOC(=O)Nc1cccc(CNc2cc(Cl)cc(Cl)c2)c1. The molecule has 116 valence electrons. The van der Waals surface area contributed by atoms with E-state index in [1.165, 1.54) is 0 Å². The molecule has 22 heavy (non-hydrogen) atoms. The molecule has 2 N–H and O–H groups in total. The Kier molecular flexibility index (Phi) is 5.92. The van der Waals surface area contributed by atoms with Gasteiger partial charge in [0.25, 0.3) is 0 Å².